The van der Waals surface area contributed by atoms with E-state index in [0.29, 0.717) is 17.3 Å². The summed E-state index contributed by atoms with van der Waals surface area (Å²) in [6, 6.07) is 0. The molecule has 186 valence electrons. The molecule has 0 amide bonds. The fourth-order valence-electron chi connectivity index (χ4n) is 9.26. The maximum atomic E-state index is 9.97. The normalized spacial score (nSPS) is 42.6. The monoisotopic (exact) mass is 456 g/mol. The number of rotatable bonds is 6. The van der Waals surface area contributed by atoms with Crippen LogP contribution >= 0.6 is 0 Å². The highest BCUT2D eigenvalue weighted by molar-refractivity contribution is 6.09. The summed E-state index contributed by atoms with van der Waals surface area (Å²) in [7, 11) is 0. The summed E-state index contributed by atoms with van der Waals surface area (Å²) in [5, 5.41) is 26.6. The fraction of sp³-hybridized carbons (Fsp3) is 0.862. The van der Waals surface area contributed by atoms with Crippen LogP contribution in [0, 0.1) is 52.3 Å². The minimum absolute atomic E-state index is 0.0370. The van der Waals surface area contributed by atoms with Crippen molar-refractivity contribution in [1.29, 1.82) is 0 Å². The Morgan fingerprint density at radius 2 is 1.76 bits per heavy atom. The molecule has 0 heterocycles. The molecular formula is C29H48N2O2. The molecule has 4 aliphatic carbocycles. The zero-order valence-corrected chi connectivity index (χ0v) is 22.0. The van der Waals surface area contributed by atoms with Crippen molar-refractivity contribution >= 4 is 11.4 Å². The Morgan fingerprint density at radius 3 is 2.39 bits per heavy atom. The Balaban J connectivity index is 1.55. The molecule has 0 radical (unpaired) electrons. The van der Waals surface area contributed by atoms with Crippen LogP contribution in [0.15, 0.2) is 22.0 Å². The molecule has 3 saturated carbocycles. The highest BCUT2D eigenvalue weighted by Crippen LogP contribution is 2.67. The number of allylic oxidation sites excluding steroid dienone is 2. The van der Waals surface area contributed by atoms with Gasteiger partial charge in [0.05, 0.1) is 11.4 Å². The van der Waals surface area contributed by atoms with Gasteiger partial charge in [0.1, 0.15) is 0 Å². The van der Waals surface area contributed by atoms with Gasteiger partial charge in [0.25, 0.3) is 0 Å². The van der Waals surface area contributed by atoms with E-state index in [0.717, 1.165) is 65.8 Å². The van der Waals surface area contributed by atoms with Gasteiger partial charge in [-0.3, -0.25) is 0 Å². The van der Waals surface area contributed by atoms with Crippen molar-refractivity contribution < 1.29 is 10.4 Å². The van der Waals surface area contributed by atoms with Crippen LogP contribution in [0.25, 0.3) is 0 Å². The summed E-state index contributed by atoms with van der Waals surface area (Å²) >= 11 is 0. The second-order valence-electron chi connectivity index (χ2n) is 12.9. The van der Waals surface area contributed by atoms with Gasteiger partial charge < -0.3 is 10.4 Å². The Labute approximate surface area is 202 Å². The second kappa shape index (κ2) is 9.38. The Kier molecular flexibility index (Phi) is 7.05. The number of hydrogen-bond donors (Lipinski definition) is 2. The first kappa shape index (κ1) is 24.8. The van der Waals surface area contributed by atoms with Crippen LogP contribution < -0.4 is 0 Å². The highest BCUT2D eigenvalue weighted by Gasteiger charge is 2.60. The van der Waals surface area contributed by atoms with Crippen molar-refractivity contribution in [2.45, 2.75) is 106 Å². The maximum Gasteiger partial charge on any atom is 0.0836 e. The smallest absolute Gasteiger partial charge is 0.0836 e. The van der Waals surface area contributed by atoms with Crippen molar-refractivity contribution in [3.63, 3.8) is 0 Å². The van der Waals surface area contributed by atoms with Gasteiger partial charge >= 0.3 is 0 Å². The summed E-state index contributed by atoms with van der Waals surface area (Å²) in [6.07, 6.45) is 14.1. The molecule has 1 unspecified atom stereocenters. The lowest BCUT2D eigenvalue weighted by molar-refractivity contribution is -0.0430. The quantitative estimate of drug-likeness (QED) is 0.315. The van der Waals surface area contributed by atoms with E-state index < -0.39 is 0 Å². The van der Waals surface area contributed by atoms with Gasteiger partial charge in [0, 0.05) is 0 Å². The van der Waals surface area contributed by atoms with Crippen LogP contribution in [0.4, 0.5) is 0 Å². The molecule has 4 heteroatoms. The molecule has 0 saturated heterocycles. The average Bonchev–Trinajstić information content (AvgIpc) is 3.15. The summed E-state index contributed by atoms with van der Waals surface area (Å²) in [5.74, 6) is 5.26. The lowest BCUT2D eigenvalue weighted by atomic mass is 9.46. The van der Waals surface area contributed by atoms with E-state index in [1.807, 2.05) is 6.08 Å². The Morgan fingerprint density at radius 1 is 1.00 bits per heavy atom. The first-order valence-electron chi connectivity index (χ1n) is 13.8. The van der Waals surface area contributed by atoms with E-state index in [2.05, 4.69) is 51.9 Å². The molecule has 0 aromatic carbocycles. The predicted molar refractivity (Wildman–Crippen MR) is 136 cm³/mol. The van der Waals surface area contributed by atoms with Crippen LogP contribution in [-0.4, -0.2) is 21.8 Å². The van der Waals surface area contributed by atoms with Crippen molar-refractivity contribution in [3.8, 4) is 0 Å². The van der Waals surface area contributed by atoms with E-state index in [9.17, 15) is 10.4 Å². The summed E-state index contributed by atoms with van der Waals surface area (Å²) in [6.45, 7) is 14.7. The number of hydrogen-bond acceptors (Lipinski definition) is 4. The molecule has 2 N–H and O–H groups in total. The van der Waals surface area contributed by atoms with Crippen molar-refractivity contribution in [3.05, 3.63) is 11.6 Å². The molecule has 4 aliphatic rings. The summed E-state index contributed by atoms with van der Waals surface area (Å²) in [4.78, 5) is 0. The van der Waals surface area contributed by atoms with Crippen LogP contribution in [0.5, 0.6) is 0 Å². The number of oxime groups is 2. The minimum Gasteiger partial charge on any atom is -0.411 e. The van der Waals surface area contributed by atoms with Gasteiger partial charge in [-0.2, -0.15) is 0 Å². The lowest BCUT2D eigenvalue weighted by Gasteiger charge is -2.58. The largest absolute Gasteiger partial charge is 0.411 e. The van der Waals surface area contributed by atoms with Gasteiger partial charge in [-0.25, -0.2) is 0 Å². The third-order valence-corrected chi connectivity index (χ3v) is 11.3. The molecule has 0 aromatic rings. The van der Waals surface area contributed by atoms with E-state index >= 15 is 0 Å². The molecule has 0 aromatic heterocycles. The van der Waals surface area contributed by atoms with Crippen LogP contribution in [0.2, 0.25) is 0 Å². The number of nitrogens with zero attached hydrogens (tertiary/aromatic N) is 2. The topological polar surface area (TPSA) is 65.2 Å². The fourth-order valence-corrected chi connectivity index (χ4v) is 9.26. The molecule has 33 heavy (non-hydrogen) atoms. The van der Waals surface area contributed by atoms with Crippen molar-refractivity contribution in [2.24, 2.45) is 62.6 Å². The van der Waals surface area contributed by atoms with Gasteiger partial charge in [-0.05, 0) is 115 Å². The molecule has 0 bridgehead atoms. The first-order valence-corrected chi connectivity index (χ1v) is 13.8. The van der Waals surface area contributed by atoms with E-state index in [-0.39, 0.29) is 5.41 Å². The first-order chi connectivity index (χ1) is 15.7. The third kappa shape index (κ3) is 4.08. The van der Waals surface area contributed by atoms with E-state index in [4.69, 9.17) is 0 Å². The zero-order chi connectivity index (χ0) is 24.0. The van der Waals surface area contributed by atoms with Crippen LogP contribution in [0.1, 0.15) is 106 Å². The molecule has 4 nitrogen and oxygen atoms in total. The minimum atomic E-state index is 0.0370. The van der Waals surface area contributed by atoms with Crippen molar-refractivity contribution in [1.82, 2.24) is 0 Å². The molecule has 3 fully saturated rings. The average molecular weight is 457 g/mol. The van der Waals surface area contributed by atoms with Crippen LogP contribution in [-0.2, 0) is 0 Å². The Hall–Kier alpha value is -1.32. The zero-order valence-electron chi connectivity index (χ0n) is 22.0. The molecular weight excluding hydrogens is 408 g/mol. The maximum absolute atomic E-state index is 9.97. The standard InChI is InChI=1S/C29H48N2O2/c1-7-20(18(2)3)9-8-19(4)23-10-11-24-22-17-27(31-33)26-16-21(30-32)12-14-29(26,6)25(22)13-15-28(23,24)5/h16,18-20,22-25,32-33H,7-15,17H2,1-6H3/b30-21-,31-27+/t19-,20?,22+,23-,24+,25+,28-,29-/m1/s1. The summed E-state index contributed by atoms with van der Waals surface area (Å²) in [5.41, 5.74) is 3.17. The summed E-state index contributed by atoms with van der Waals surface area (Å²) < 4.78 is 0. The SMILES string of the molecule is CCC(CC[C@@H](C)[C@H]1CC[C@H]2[C@@H]3C/C(=N\O)C4=C/C(=N\O)CC[C@]4(C)[C@H]3CC[C@]12C)C(C)C. The van der Waals surface area contributed by atoms with E-state index in [1.165, 1.54) is 44.9 Å². The van der Waals surface area contributed by atoms with Crippen molar-refractivity contribution in [2.75, 3.05) is 0 Å². The highest BCUT2D eigenvalue weighted by atomic mass is 16.4. The molecule has 0 spiro atoms. The Bertz CT molecular complexity index is 814. The van der Waals surface area contributed by atoms with Gasteiger partial charge in [0.2, 0.25) is 0 Å². The van der Waals surface area contributed by atoms with Gasteiger partial charge in [0.15, 0.2) is 0 Å². The number of fused-ring (bicyclic) bond motifs is 5. The second-order valence-corrected chi connectivity index (χ2v) is 12.9. The molecule has 4 rings (SSSR count). The molecule has 8 atom stereocenters. The van der Waals surface area contributed by atoms with Crippen LogP contribution in [0.3, 0.4) is 0 Å². The van der Waals surface area contributed by atoms with Gasteiger partial charge in [-0.1, -0.05) is 64.7 Å². The lowest BCUT2D eigenvalue weighted by Crippen LogP contribution is -2.53. The van der Waals surface area contributed by atoms with Gasteiger partial charge in [-0.15, -0.1) is 0 Å². The van der Waals surface area contributed by atoms with E-state index in [1.54, 1.807) is 0 Å². The third-order valence-electron chi connectivity index (χ3n) is 11.3. The predicted octanol–water partition coefficient (Wildman–Crippen LogP) is 7.93. The molecule has 0 aliphatic heterocycles.